The number of para-hydroxylation sites is 1. The summed E-state index contributed by atoms with van der Waals surface area (Å²) < 4.78 is 5.07. The lowest BCUT2D eigenvalue weighted by molar-refractivity contribution is 0.0955. The molecule has 0 radical (unpaired) electrons. The number of carbonyl (C=O) groups is 1. The van der Waals surface area contributed by atoms with Gasteiger partial charge in [-0.2, -0.15) is 5.10 Å². The number of pyridine rings is 1. The average molecular weight is 321 g/mol. The Morgan fingerprint density at radius 2 is 2.00 bits per heavy atom. The van der Waals surface area contributed by atoms with Crippen LogP contribution in [0.5, 0.6) is 5.75 Å². The number of nitrogens with zero attached hydrogens (tertiary/aromatic N) is 1. The zero-order valence-electron chi connectivity index (χ0n) is 12.9. The summed E-state index contributed by atoms with van der Waals surface area (Å²) in [6, 6.07) is 15.9. The van der Waals surface area contributed by atoms with Crippen LogP contribution in [0.3, 0.4) is 0 Å². The Morgan fingerprint density at radius 1 is 1.17 bits per heavy atom. The molecular formula is C18H15N3O3. The van der Waals surface area contributed by atoms with Gasteiger partial charge >= 0.3 is 0 Å². The second-order valence-electron chi connectivity index (χ2n) is 5.07. The van der Waals surface area contributed by atoms with Crippen LogP contribution < -0.4 is 15.7 Å². The second-order valence-corrected chi connectivity index (χ2v) is 5.07. The van der Waals surface area contributed by atoms with Crippen molar-refractivity contribution in [3.63, 3.8) is 0 Å². The molecule has 120 valence electrons. The Morgan fingerprint density at radius 3 is 2.83 bits per heavy atom. The van der Waals surface area contributed by atoms with Gasteiger partial charge in [0, 0.05) is 11.1 Å². The first kappa shape index (κ1) is 15.5. The Balaban J connectivity index is 1.77. The van der Waals surface area contributed by atoms with Crippen molar-refractivity contribution >= 4 is 23.0 Å². The number of methoxy groups -OCH3 is 1. The van der Waals surface area contributed by atoms with Gasteiger partial charge in [-0.15, -0.1) is 0 Å². The van der Waals surface area contributed by atoms with E-state index < -0.39 is 0 Å². The smallest absolute Gasteiger partial charge is 0.271 e. The summed E-state index contributed by atoms with van der Waals surface area (Å²) in [6.45, 7) is 0. The standard InChI is InChI=1S/C18H15N3O3/c1-24-15-7-4-6-13(10-15)18(23)21-19-11-14-9-12-5-2-3-8-16(12)20-17(14)22/h2-11H,1H3,(H,20,22)(H,21,23)/b19-11+. The van der Waals surface area contributed by atoms with E-state index >= 15 is 0 Å². The molecule has 3 rings (SSSR count). The van der Waals surface area contributed by atoms with Gasteiger partial charge < -0.3 is 9.72 Å². The number of nitrogens with one attached hydrogen (secondary N) is 2. The molecule has 3 aromatic rings. The zero-order chi connectivity index (χ0) is 16.9. The van der Waals surface area contributed by atoms with Crippen LogP contribution in [0, 0.1) is 0 Å². The van der Waals surface area contributed by atoms with E-state index in [0.29, 0.717) is 16.9 Å². The molecule has 0 saturated carbocycles. The third-order valence-electron chi connectivity index (χ3n) is 3.48. The zero-order valence-corrected chi connectivity index (χ0v) is 12.9. The van der Waals surface area contributed by atoms with Crippen molar-refractivity contribution in [3.8, 4) is 5.75 Å². The molecule has 0 spiro atoms. The number of aromatic amines is 1. The molecule has 0 saturated heterocycles. The van der Waals surface area contributed by atoms with E-state index in [1.807, 2.05) is 24.3 Å². The Hall–Kier alpha value is -3.41. The Kier molecular flexibility index (Phi) is 4.38. The lowest BCUT2D eigenvalue weighted by Gasteiger charge is -2.03. The summed E-state index contributed by atoms with van der Waals surface area (Å²) in [5, 5.41) is 4.74. The highest BCUT2D eigenvalue weighted by molar-refractivity contribution is 5.95. The first-order valence-electron chi connectivity index (χ1n) is 7.27. The van der Waals surface area contributed by atoms with E-state index in [9.17, 15) is 9.59 Å². The molecule has 0 aliphatic carbocycles. The van der Waals surface area contributed by atoms with Crippen LogP contribution in [0.15, 0.2) is 64.5 Å². The molecule has 1 amide bonds. The molecule has 0 aliphatic heterocycles. The first-order valence-corrected chi connectivity index (χ1v) is 7.27. The molecule has 24 heavy (non-hydrogen) atoms. The number of fused-ring (bicyclic) bond motifs is 1. The fourth-order valence-electron chi connectivity index (χ4n) is 2.25. The van der Waals surface area contributed by atoms with Crippen molar-refractivity contribution in [2.45, 2.75) is 0 Å². The molecule has 6 nitrogen and oxygen atoms in total. The predicted molar refractivity (Wildman–Crippen MR) is 92.6 cm³/mol. The molecule has 2 aromatic carbocycles. The number of amides is 1. The lowest BCUT2D eigenvalue weighted by atomic mass is 10.2. The highest BCUT2D eigenvalue weighted by Gasteiger charge is 2.05. The molecular weight excluding hydrogens is 306 g/mol. The van der Waals surface area contributed by atoms with E-state index in [1.165, 1.54) is 13.3 Å². The quantitative estimate of drug-likeness (QED) is 0.571. The fourth-order valence-corrected chi connectivity index (χ4v) is 2.25. The van der Waals surface area contributed by atoms with Gasteiger partial charge in [0.25, 0.3) is 11.5 Å². The minimum Gasteiger partial charge on any atom is -0.497 e. The van der Waals surface area contributed by atoms with Crippen molar-refractivity contribution < 1.29 is 9.53 Å². The molecule has 1 aromatic heterocycles. The van der Waals surface area contributed by atoms with Gasteiger partial charge in [-0.25, -0.2) is 5.43 Å². The number of hydrogen-bond donors (Lipinski definition) is 2. The summed E-state index contributed by atoms with van der Waals surface area (Å²) >= 11 is 0. The molecule has 0 fully saturated rings. The molecule has 1 heterocycles. The van der Waals surface area contributed by atoms with Gasteiger partial charge in [-0.05, 0) is 35.7 Å². The van der Waals surface area contributed by atoms with Crippen molar-refractivity contribution in [2.75, 3.05) is 7.11 Å². The maximum Gasteiger partial charge on any atom is 0.271 e. The number of benzene rings is 2. The fraction of sp³-hybridized carbons (Fsp3) is 0.0556. The molecule has 6 heteroatoms. The van der Waals surface area contributed by atoms with E-state index in [2.05, 4.69) is 15.5 Å². The number of H-pyrrole nitrogens is 1. The summed E-state index contributed by atoms with van der Waals surface area (Å²) in [6.07, 6.45) is 1.32. The van der Waals surface area contributed by atoms with E-state index in [0.717, 1.165) is 10.9 Å². The largest absolute Gasteiger partial charge is 0.497 e. The van der Waals surface area contributed by atoms with Crippen LogP contribution in [-0.2, 0) is 0 Å². The maximum atomic E-state index is 12.0. The van der Waals surface area contributed by atoms with Crippen molar-refractivity contribution in [1.82, 2.24) is 10.4 Å². The number of rotatable bonds is 4. The molecule has 2 N–H and O–H groups in total. The van der Waals surface area contributed by atoms with Gasteiger partial charge in [0.1, 0.15) is 5.75 Å². The third kappa shape index (κ3) is 3.33. The third-order valence-corrected chi connectivity index (χ3v) is 3.48. The molecule has 0 atom stereocenters. The minimum absolute atomic E-state index is 0.270. The lowest BCUT2D eigenvalue weighted by Crippen LogP contribution is -2.19. The van der Waals surface area contributed by atoms with E-state index in [1.54, 1.807) is 30.3 Å². The molecule has 0 aliphatic rings. The van der Waals surface area contributed by atoms with Crippen molar-refractivity contribution in [1.29, 1.82) is 0 Å². The predicted octanol–water partition coefficient (Wildman–Crippen LogP) is 2.30. The maximum absolute atomic E-state index is 12.0. The normalized spacial score (nSPS) is 10.9. The molecule has 0 unspecified atom stereocenters. The number of aromatic nitrogens is 1. The van der Waals surface area contributed by atoms with Crippen LogP contribution >= 0.6 is 0 Å². The van der Waals surface area contributed by atoms with Crippen LogP contribution in [0.1, 0.15) is 15.9 Å². The SMILES string of the molecule is COc1cccc(C(=O)N/N=C/c2cc3ccccc3[nH]c2=O)c1. The van der Waals surface area contributed by atoms with Crippen molar-refractivity contribution in [2.24, 2.45) is 5.10 Å². The number of carbonyl (C=O) groups excluding carboxylic acids is 1. The van der Waals surface area contributed by atoms with Crippen LogP contribution in [0.4, 0.5) is 0 Å². The topological polar surface area (TPSA) is 83.5 Å². The highest BCUT2D eigenvalue weighted by atomic mass is 16.5. The summed E-state index contributed by atoms with van der Waals surface area (Å²) in [7, 11) is 1.53. The number of hydrazone groups is 1. The molecule has 0 bridgehead atoms. The monoisotopic (exact) mass is 321 g/mol. The Bertz CT molecular complexity index is 976. The first-order chi connectivity index (χ1) is 11.7. The Labute approximate surface area is 137 Å². The second kappa shape index (κ2) is 6.78. The van der Waals surface area contributed by atoms with Gasteiger partial charge in [-0.1, -0.05) is 24.3 Å². The van der Waals surface area contributed by atoms with Crippen LogP contribution in [0.2, 0.25) is 0 Å². The van der Waals surface area contributed by atoms with E-state index in [-0.39, 0.29) is 11.5 Å². The van der Waals surface area contributed by atoms with Crippen LogP contribution in [0.25, 0.3) is 10.9 Å². The van der Waals surface area contributed by atoms with Crippen LogP contribution in [-0.4, -0.2) is 24.2 Å². The summed E-state index contributed by atoms with van der Waals surface area (Å²) in [5.74, 6) is 0.194. The van der Waals surface area contributed by atoms with E-state index in [4.69, 9.17) is 4.74 Å². The van der Waals surface area contributed by atoms with Crippen molar-refractivity contribution in [3.05, 3.63) is 76.1 Å². The summed E-state index contributed by atoms with van der Waals surface area (Å²) in [5.41, 5.74) is 3.65. The number of ether oxygens (including phenoxy) is 1. The highest BCUT2D eigenvalue weighted by Crippen LogP contribution is 2.12. The van der Waals surface area contributed by atoms with Gasteiger partial charge in [0.2, 0.25) is 0 Å². The minimum atomic E-state index is -0.387. The number of hydrogen-bond acceptors (Lipinski definition) is 4. The average Bonchev–Trinajstić information content (AvgIpc) is 2.62. The van der Waals surface area contributed by atoms with Gasteiger partial charge in [-0.3, -0.25) is 9.59 Å². The van der Waals surface area contributed by atoms with Gasteiger partial charge in [0.15, 0.2) is 0 Å². The summed E-state index contributed by atoms with van der Waals surface area (Å²) in [4.78, 5) is 26.8. The van der Waals surface area contributed by atoms with Gasteiger partial charge in [0.05, 0.1) is 18.9 Å².